The van der Waals surface area contributed by atoms with Gasteiger partial charge in [-0.05, 0) is 54.6 Å². The summed E-state index contributed by atoms with van der Waals surface area (Å²) >= 11 is 0. The van der Waals surface area contributed by atoms with Crippen LogP contribution >= 0.6 is 0 Å². The van der Waals surface area contributed by atoms with E-state index in [-0.39, 0.29) is 29.6 Å². The first-order valence-corrected chi connectivity index (χ1v) is 10.1. The van der Waals surface area contributed by atoms with Crippen molar-refractivity contribution in [2.24, 2.45) is 11.5 Å². The molecule has 0 radical (unpaired) electrons. The zero-order chi connectivity index (χ0) is 24.8. The van der Waals surface area contributed by atoms with E-state index in [1.54, 1.807) is 0 Å². The Bertz CT molecular complexity index is 988. The number of rotatable bonds is 10. The summed E-state index contributed by atoms with van der Waals surface area (Å²) < 4.78 is 54.5. The van der Waals surface area contributed by atoms with Crippen LogP contribution in [0.15, 0.2) is 42.5 Å². The van der Waals surface area contributed by atoms with Gasteiger partial charge in [0, 0.05) is 18.7 Å². The molecule has 12 heteroatoms. The number of nitrogens with zero attached hydrogens (tertiary/aromatic N) is 1. The van der Waals surface area contributed by atoms with Gasteiger partial charge in [0.2, 0.25) is 5.91 Å². The molecule has 178 valence electrons. The maximum Gasteiger partial charge on any atom is 0.488 e. The van der Waals surface area contributed by atoms with Crippen molar-refractivity contribution in [1.29, 1.82) is 0 Å². The van der Waals surface area contributed by atoms with Gasteiger partial charge in [0.25, 0.3) is 5.91 Å². The number of carbonyl (C=O) groups excluding carboxylic acids is 2. The number of amides is 2. The zero-order valence-corrected chi connectivity index (χ0v) is 17.6. The molecule has 0 aromatic heterocycles. The van der Waals surface area contributed by atoms with E-state index >= 15 is 0 Å². The third-order valence-corrected chi connectivity index (χ3v) is 5.02. The molecule has 0 aliphatic carbocycles. The quantitative estimate of drug-likeness (QED) is 0.236. The molecule has 0 spiro atoms. The van der Waals surface area contributed by atoms with Crippen LogP contribution in [0.4, 0.5) is 17.6 Å². The van der Waals surface area contributed by atoms with E-state index in [0.717, 1.165) is 29.2 Å². The van der Waals surface area contributed by atoms with Gasteiger partial charge in [0.05, 0.1) is 11.6 Å². The van der Waals surface area contributed by atoms with E-state index in [0.29, 0.717) is 18.9 Å². The van der Waals surface area contributed by atoms with E-state index in [2.05, 4.69) is 0 Å². The van der Waals surface area contributed by atoms with Crippen LogP contribution < -0.4 is 16.9 Å². The predicted molar refractivity (Wildman–Crippen MR) is 113 cm³/mol. The lowest BCUT2D eigenvalue weighted by atomic mass is 9.78. The van der Waals surface area contributed by atoms with E-state index in [1.165, 1.54) is 12.1 Å². The lowest BCUT2D eigenvalue weighted by Crippen LogP contribution is -2.37. The molecule has 2 rings (SSSR count). The Morgan fingerprint density at radius 2 is 1.79 bits per heavy atom. The number of hydrogen-bond acceptors (Lipinski definition) is 5. The largest absolute Gasteiger partial charge is 0.488 e. The number of nitrogens with two attached hydrogens (primary N) is 2. The molecule has 0 aliphatic rings. The van der Waals surface area contributed by atoms with Crippen LogP contribution in [0, 0.1) is 5.82 Å². The van der Waals surface area contributed by atoms with Crippen molar-refractivity contribution >= 4 is 24.4 Å². The van der Waals surface area contributed by atoms with E-state index in [9.17, 15) is 37.2 Å². The summed E-state index contributed by atoms with van der Waals surface area (Å²) in [7, 11) is -2.10. The number of unbranched alkanes of at least 4 members (excludes halogenated alkanes) is 1. The van der Waals surface area contributed by atoms with Gasteiger partial charge < -0.3 is 26.4 Å². The minimum absolute atomic E-state index is 0.00248. The molecule has 7 nitrogen and oxygen atoms in total. The van der Waals surface area contributed by atoms with Crippen LogP contribution in [0.3, 0.4) is 0 Å². The zero-order valence-electron chi connectivity index (χ0n) is 17.6. The van der Waals surface area contributed by atoms with Gasteiger partial charge in [-0.3, -0.25) is 9.59 Å². The summed E-state index contributed by atoms with van der Waals surface area (Å²) in [4.78, 5) is 25.2. The van der Waals surface area contributed by atoms with Crippen LogP contribution in [0.25, 0.3) is 0 Å². The molecule has 2 amide bonds. The lowest BCUT2D eigenvalue weighted by Gasteiger charge is -2.25. The summed E-state index contributed by atoms with van der Waals surface area (Å²) in [6.45, 7) is -0.462. The highest BCUT2D eigenvalue weighted by Crippen LogP contribution is 2.32. The Labute approximate surface area is 188 Å². The predicted octanol–water partition coefficient (Wildman–Crippen LogP) is 1.15. The molecule has 0 unspecified atom stereocenters. The van der Waals surface area contributed by atoms with Gasteiger partial charge in [-0.1, -0.05) is 18.2 Å². The summed E-state index contributed by atoms with van der Waals surface area (Å²) in [5.74, 6) is -2.05. The standard InChI is InChI=1S/C21H24BF4N3O4/c23-16-5-3-4-13(10-16)20(31)29(9-2-1-6-18(27)19(28)30)12-14-7-8-15(22(32)33)11-17(14)21(24,25)26/h3-5,7-8,10-11,18,32-33H,1-2,6,9,12,27H2,(H2,28,30)/t18-/m0/s1. The Morgan fingerprint density at radius 1 is 1.09 bits per heavy atom. The minimum atomic E-state index is -4.82. The average molecular weight is 469 g/mol. The Balaban J connectivity index is 2.31. The van der Waals surface area contributed by atoms with Crippen molar-refractivity contribution in [2.45, 2.75) is 38.0 Å². The molecule has 1 atom stereocenters. The Hall–Kier alpha value is -2.96. The molecule has 0 heterocycles. The van der Waals surface area contributed by atoms with Gasteiger partial charge in [0.1, 0.15) is 5.82 Å². The van der Waals surface area contributed by atoms with Gasteiger partial charge in [-0.25, -0.2) is 4.39 Å². The number of halogens is 4. The highest BCUT2D eigenvalue weighted by molar-refractivity contribution is 6.58. The molecular weight excluding hydrogens is 445 g/mol. The Morgan fingerprint density at radius 3 is 2.36 bits per heavy atom. The van der Waals surface area contributed by atoms with E-state index < -0.39 is 49.1 Å². The number of hydrogen-bond donors (Lipinski definition) is 4. The Kier molecular flexibility index (Phi) is 8.97. The second-order valence-corrected chi connectivity index (χ2v) is 7.53. The molecule has 0 fully saturated rings. The second kappa shape index (κ2) is 11.3. The van der Waals surface area contributed by atoms with Crippen molar-refractivity contribution < 1.29 is 37.2 Å². The number of alkyl halides is 3. The number of primary amides is 1. The van der Waals surface area contributed by atoms with Crippen LogP contribution in [-0.2, 0) is 17.5 Å². The molecular formula is C21H24BF4N3O4. The normalized spacial score (nSPS) is 12.3. The summed E-state index contributed by atoms with van der Waals surface area (Å²) in [5, 5.41) is 18.4. The van der Waals surface area contributed by atoms with E-state index in [1.807, 2.05) is 0 Å². The van der Waals surface area contributed by atoms with E-state index in [4.69, 9.17) is 11.5 Å². The van der Waals surface area contributed by atoms with Crippen molar-refractivity contribution in [3.8, 4) is 0 Å². The fourth-order valence-electron chi connectivity index (χ4n) is 3.23. The fraction of sp³-hybridized carbons (Fsp3) is 0.333. The van der Waals surface area contributed by atoms with Crippen molar-refractivity contribution in [1.82, 2.24) is 4.90 Å². The van der Waals surface area contributed by atoms with Crippen molar-refractivity contribution in [3.05, 3.63) is 65.0 Å². The summed E-state index contributed by atoms with van der Waals surface area (Å²) in [5.41, 5.74) is 8.88. The summed E-state index contributed by atoms with van der Waals surface area (Å²) in [6, 6.07) is 6.67. The van der Waals surface area contributed by atoms with Crippen LogP contribution in [-0.4, -0.2) is 46.5 Å². The molecule has 6 N–H and O–H groups in total. The van der Waals surface area contributed by atoms with Gasteiger partial charge in [-0.2, -0.15) is 13.2 Å². The molecule has 0 saturated heterocycles. The monoisotopic (exact) mass is 469 g/mol. The summed E-state index contributed by atoms with van der Waals surface area (Å²) in [6.07, 6.45) is -3.91. The number of carbonyl (C=O) groups is 2. The van der Waals surface area contributed by atoms with Crippen molar-refractivity contribution in [2.75, 3.05) is 6.54 Å². The fourth-order valence-corrected chi connectivity index (χ4v) is 3.23. The third kappa shape index (κ3) is 7.55. The highest BCUT2D eigenvalue weighted by Gasteiger charge is 2.35. The third-order valence-electron chi connectivity index (χ3n) is 5.02. The van der Waals surface area contributed by atoms with Crippen LogP contribution in [0.2, 0.25) is 0 Å². The minimum Gasteiger partial charge on any atom is -0.423 e. The first-order chi connectivity index (χ1) is 15.4. The van der Waals surface area contributed by atoms with Gasteiger partial charge in [-0.15, -0.1) is 0 Å². The molecule has 0 bridgehead atoms. The topological polar surface area (TPSA) is 130 Å². The molecule has 33 heavy (non-hydrogen) atoms. The van der Waals surface area contributed by atoms with Crippen LogP contribution in [0.5, 0.6) is 0 Å². The maximum absolute atomic E-state index is 13.6. The first kappa shape index (κ1) is 26.3. The van der Waals surface area contributed by atoms with Gasteiger partial charge in [0.15, 0.2) is 0 Å². The molecule has 0 saturated carbocycles. The maximum atomic E-state index is 13.6. The van der Waals surface area contributed by atoms with Crippen molar-refractivity contribution in [3.63, 3.8) is 0 Å². The first-order valence-electron chi connectivity index (χ1n) is 10.1. The SMILES string of the molecule is NC(=O)[C@@H](N)CCCCN(Cc1ccc(B(O)O)cc1C(F)(F)F)C(=O)c1cccc(F)c1. The smallest absolute Gasteiger partial charge is 0.423 e. The van der Waals surface area contributed by atoms with Gasteiger partial charge >= 0.3 is 13.3 Å². The molecule has 0 aliphatic heterocycles. The average Bonchev–Trinajstić information content (AvgIpc) is 2.74. The lowest BCUT2D eigenvalue weighted by molar-refractivity contribution is -0.138. The second-order valence-electron chi connectivity index (χ2n) is 7.53. The highest BCUT2D eigenvalue weighted by atomic mass is 19.4. The molecule has 2 aromatic carbocycles. The molecule has 2 aromatic rings. The van der Waals surface area contributed by atoms with Crippen LogP contribution in [0.1, 0.15) is 40.7 Å². The number of benzene rings is 2.